The van der Waals surface area contributed by atoms with Gasteiger partial charge in [-0.2, -0.15) is 0 Å². The van der Waals surface area contributed by atoms with Crippen LogP contribution >= 0.6 is 11.8 Å². The summed E-state index contributed by atoms with van der Waals surface area (Å²) in [4.78, 5) is 19.4. The highest BCUT2D eigenvalue weighted by Gasteiger charge is 2.35. The highest BCUT2D eigenvalue weighted by Crippen LogP contribution is 2.45. The summed E-state index contributed by atoms with van der Waals surface area (Å²) in [6, 6.07) is 10.7. The van der Waals surface area contributed by atoms with Crippen LogP contribution in [0.25, 0.3) is 10.9 Å². The minimum atomic E-state index is -0.667. The first-order valence-corrected chi connectivity index (χ1v) is 12.9. The molecule has 0 saturated heterocycles. The molecule has 2 aliphatic heterocycles. The second-order valence-electron chi connectivity index (χ2n) is 8.54. The van der Waals surface area contributed by atoms with Crippen molar-refractivity contribution >= 4 is 28.8 Å². The SMILES string of the molecule is CCCCc1[nH]c2ccc3c(c2c1OC(=O)OCC)CN1CCc2cc(SC)ccc2C1O3. The summed E-state index contributed by atoms with van der Waals surface area (Å²) in [5, 5.41) is 0.925. The first-order chi connectivity index (χ1) is 16.1. The van der Waals surface area contributed by atoms with E-state index in [1.165, 1.54) is 16.0 Å². The van der Waals surface area contributed by atoms with Crippen molar-refractivity contribution in [1.82, 2.24) is 9.88 Å². The van der Waals surface area contributed by atoms with Gasteiger partial charge in [-0.3, -0.25) is 4.90 Å². The minimum absolute atomic E-state index is 0.0949. The van der Waals surface area contributed by atoms with Crippen molar-refractivity contribution in [1.29, 1.82) is 0 Å². The number of nitrogens with one attached hydrogen (secondary N) is 1. The van der Waals surface area contributed by atoms with Crippen LogP contribution in [0.4, 0.5) is 4.79 Å². The fourth-order valence-corrected chi connectivity index (χ4v) is 5.33. The van der Waals surface area contributed by atoms with Crippen LogP contribution < -0.4 is 9.47 Å². The molecule has 1 aromatic heterocycles. The Hall–Kier alpha value is -2.64. The number of unbranched alkanes of at least 4 members (excludes halogenated alkanes) is 1. The second-order valence-corrected chi connectivity index (χ2v) is 9.42. The number of H-pyrrole nitrogens is 1. The number of thioether (sulfide) groups is 1. The molecule has 0 radical (unpaired) electrons. The lowest BCUT2D eigenvalue weighted by atomic mass is 9.95. The van der Waals surface area contributed by atoms with Crippen LogP contribution in [0.15, 0.2) is 35.2 Å². The quantitative estimate of drug-likeness (QED) is 0.344. The average Bonchev–Trinajstić information content (AvgIpc) is 3.18. The zero-order valence-electron chi connectivity index (χ0n) is 19.4. The number of ether oxygens (including phenoxy) is 3. The van der Waals surface area contributed by atoms with Crippen molar-refractivity contribution < 1.29 is 19.0 Å². The number of nitrogens with zero attached hydrogens (tertiary/aromatic N) is 1. The molecule has 0 amide bonds. The third-order valence-corrected chi connectivity index (χ3v) is 7.23. The molecule has 2 aliphatic rings. The number of fused-ring (bicyclic) bond motifs is 6. The maximum Gasteiger partial charge on any atom is 0.513 e. The first-order valence-electron chi connectivity index (χ1n) is 11.7. The third kappa shape index (κ3) is 4.08. The van der Waals surface area contributed by atoms with Gasteiger partial charge in [0, 0.05) is 29.1 Å². The van der Waals surface area contributed by atoms with E-state index in [2.05, 4.69) is 41.3 Å². The van der Waals surface area contributed by atoms with Gasteiger partial charge >= 0.3 is 6.16 Å². The molecule has 0 aliphatic carbocycles. The van der Waals surface area contributed by atoms with Gasteiger partial charge in [-0.15, -0.1) is 11.8 Å². The summed E-state index contributed by atoms with van der Waals surface area (Å²) in [7, 11) is 0. The summed E-state index contributed by atoms with van der Waals surface area (Å²) in [5.41, 5.74) is 5.56. The van der Waals surface area contributed by atoms with Crippen LogP contribution in [-0.2, 0) is 24.1 Å². The Bertz CT molecular complexity index is 1190. The molecule has 3 heterocycles. The molecule has 174 valence electrons. The van der Waals surface area contributed by atoms with E-state index in [-0.39, 0.29) is 12.8 Å². The van der Waals surface area contributed by atoms with Gasteiger partial charge in [-0.1, -0.05) is 19.4 Å². The molecule has 7 heteroatoms. The van der Waals surface area contributed by atoms with Crippen LogP contribution in [-0.4, -0.2) is 35.4 Å². The molecule has 0 bridgehead atoms. The van der Waals surface area contributed by atoms with Crippen molar-refractivity contribution in [3.63, 3.8) is 0 Å². The van der Waals surface area contributed by atoms with Crippen molar-refractivity contribution in [2.24, 2.45) is 0 Å². The van der Waals surface area contributed by atoms with Crippen LogP contribution in [0, 0.1) is 0 Å². The number of benzene rings is 2. The number of rotatable bonds is 6. The van der Waals surface area contributed by atoms with Gasteiger partial charge < -0.3 is 19.2 Å². The van der Waals surface area contributed by atoms with Crippen LogP contribution in [0.2, 0.25) is 0 Å². The summed E-state index contributed by atoms with van der Waals surface area (Å²) in [5.74, 6) is 1.43. The molecular weight excluding hydrogens is 436 g/mol. The number of carbonyl (C=O) groups excluding carboxylic acids is 1. The molecule has 6 nitrogen and oxygen atoms in total. The van der Waals surface area contributed by atoms with Crippen LogP contribution in [0.3, 0.4) is 0 Å². The Labute approximate surface area is 198 Å². The van der Waals surface area contributed by atoms with Gasteiger partial charge in [0.2, 0.25) is 0 Å². The second kappa shape index (κ2) is 9.31. The Kier molecular flexibility index (Phi) is 6.25. The van der Waals surface area contributed by atoms with Crippen LogP contribution in [0.1, 0.15) is 55.3 Å². The Morgan fingerprint density at radius 1 is 1.27 bits per heavy atom. The standard InChI is InChI=1S/C26H30N2O4S/c1-4-6-7-21-24(32-26(29)30-5-2)23-19-15-28-13-12-16-14-17(33-3)8-9-18(16)25(28)31-22(19)11-10-20(23)27-21/h8-11,14,25,27H,4-7,12-13,15H2,1-3H3. The minimum Gasteiger partial charge on any atom is -0.471 e. The lowest BCUT2D eigenvalue weighted by Gasteiger charge is -2.41. The van der Waals surface area contributed by atoms with E-state index in [4.69, 9.17) is 14.2 Å². The number of hydrogen-bond donors (Lipinski definition) is 1. The third-order valence-electron chi connectivity index (χ3n) is 6.50. The van der Waals surface area contributed by atoms with E-state index >= 15 is 0 Å². The van der Waals surface area contributed by atoms with Crippen molar-refractivity contribution in [2.45, 2.75) is 57.2 Å². The number of aromatic nitrogens is 1. The van der Waals surface area contributed by atoms with E-state index in [0.29, 0.717) is 5.75 Å². The molecular formula is C26H30N2O4S. The first kappa shape index (κ1) is 22.2. The predicted molar refractivity (Wildman–Crippen MR) is 130 cm³/mol. The maximum atomic E-state index is 12.3. The number of carbonyl (C=O) groups is 1. The van der Waals surface area contributed by atoms with E-state index in [1.54, 1.807) is 18.7 Å². The van der Waals surface area contributed by atoms with Crippen molar-refractivity contribution in [3.05, 3.63) is 52.7 Å². The van der Waals surface area contributed by atoms with E-state index < -0.39 is 6.16 Å². The zero-order valence-corrected chi connectivity index (χ0v) is 20.2. The maximum absolute atomic E-state index is 12.3. The Morgan fingerprint density at radius 3 is 2.94 bits per heavy atom. The number of aromatic amines is 1. The normalized spacial score (nSPS) is 17.1. The molecule has 2 aromatic carbocycles. The number of hydrogen-bond acceptors (Lipinski definition) is 6. The molecule has 3 aromatic rings. The fraction of sp³-hybridized carbons (Fsp3) is 0.423. The monoisotopic (exact) mass is 466 g/mol. The lowest BCUT2D eigenvalue weighted by molar-refractivity contribution is -0.00965. The van der Waals surface area contributed by atoms with Gasteiger partial charge in [0.1, 0.15) is 5.75 Å². The zero-order chi connectivity index (χ0) is 22.9. The molecule has 1 unspecified atom stereocenters. The summed E-state index contributed by atoms with van der Waals surface area (Å²) >= 11 is 1.77. The van der Waals surface area contributed by atoms with E-state index in [1.807, 2.05) is 12.1 Å². The van der Waals surface area contributed by atoms with Crippen molar-refractivity contribution in [3.8, 4) is 11.5 Å². The highest BCUT2D eigenvalue weighted by atomic mass is 32.2. The van der Waals surface area contributed by atoms with E-state index in [9.17, 15) is 4.79 Å². The lowest BCUT2D eigenvalue weighted by Crippen LogP contribution is -2.40. The Balaban J connectivity index is 1.56. The topological polar surface area (TPSA) is 63.8 Å². The molecule has 1 atom stereocenters. The highest BCUT2D eigenvalue weighted by molar-refractivity contribution is 7.98. The summed E-state index contributed by atoms with van der Waals surface area (Å²) in [6.45, 7) is 5.87. The molecule has 33 heavy (non-hydrogen) atoms. The van der Waals surface area contributed by atoms with E-state index in [0.717, 1.165) is 66.7 Å². The van der Waals surface area contributed by atoms with Gasteiger partial charge in [-0.05, 0) is 62.3 Å². The predicted octanol–water partition coefficient (Wildman–Crippen LogP) is 6.22. The summed E-state index contributed by atoms with van der Waals surface area (Å²) < 4.78 is 17.4. The molecule has 0 saturated carbocycles. The molecule has 0 spiro atoms. The fourth-order valence-electron chi connectivity index (χ4n) is 4.87. The van der Waals surface area contributed by atoms with Gasteiger partial charge in [0.05, 0.1) is 23.2 Å². The molecule has 5 rings (SSSR count). The average molecular weight is 467 g/mol. The largest absolute Gasteiger partial charge is 0.513 e. The summed E-state index contributed by atoms with van der Waals surface area (Å²) in [6.07, 6.45) is 5.22. The number of aryl methyl sites for hydroxylation is 1. The van der Waals surface area contributed by atoms with Gasteiger partial charge in [0.15, 0.2) is 12.0 Å². The Morgan fingerprint density at radius 2 is 2.15 bits per heavy atom. The van der Waals surface area contributed by atoms with Gasteiger partial charge in [-0.25, -0.2) is 4.79 Å². The molecule has 0 fully saturated rings. The van der Waals surface area contributed by atoms with Crippen LogP contribution in [0.5, 0.6) is 11.5 Å². The smallest absolute Gasteiger partial charge is 0.471 e. The van der Waals surface area contributed by atoms with Crippen molar-refractivity contribution in [2.75, 3.05) is 19.4 Å². The van der Waals surface area contributed by atoms with Gasteiger partial charge in [0.25, 0.3) is 0 Å². The molecule has 1 N–H and O–H groups in total.